The van der Waals surface area contributed by atoms with Gasteiger partial charge in [-0.3, -0.25) is 0 Å². The fourth-order valence-electron chi connectivity index (χ4n) is 2.03. The van der Waals surface area contributed by atoms with Crippen molar-refractivity contribution in [3.63, 3.8) is 0 Å². The second-order valence-corrected chi connectivity index (χ2v) is 5.68. The van der Waals surface area contributed by atoms with E-state index in [0.29, 0.717) is 6.61 Å². The van der Waals surface area contributed by atoms with Crippen molar-refractivity contribution in [1.82, 2.24) is 4.90 Å². The van der Waals surface area contributed by atoms with Gasteiger partial charge in [0.15, 0.2) is 0 Å². The zero-order chi connectivity index (χ0) is 17.8. The van der Waals surface area contributed by atoms with E-state index in [4.69, 9.17) is 9.84 Å². The van der Waals surface area contributed by atoms with Crippen LogP contribution in [0.5, 0.6) is 0 Å². The molecule has 0 saturated carbocycles. The Morgan fingerprint density at radius 2 is 1.65 bits per heavy atom. The molecule has 0 rings (SSSR count). The lowest BCUT2D eigenvalue weighted by atomic mass is 10.0. The normalized spacial score (nSPS) is 18.4. The van der Waals surface area contributed by atoms with Gasteiger partial charge in [-0.25, -0.2) is 0 Å². The molecule has 5 unspecified atom stereocenters. The molecule has 8 heteroatoms. The molecule has 5 atom stereocenters. The van der Waals surface area contributed by atoms with Gasteiger partial charge in [0.1, 0.15) is 18.3 Å². The van der Waals surface area contributed by atoms with Crippen molar-refractivity contribution < 1.29 is 35.4 Å². The fraction of sp³-hybridized carbons (Fsp3) is 0.867. The van der Waals surface area contributed by atoms with Crippen LogP contribution in [0.3, 0.4) is 0 Å². The number of aliphatic hydroxyl groups excluding tert-OH is 6. The van der Waals surface area contributed by atoms with Crippen molar-refractivity contribution in [1.29, 1.82) is 0 Å². The average Bonchev–Trinajstić information content (AvgIpc) is 2.52. The van der Waals surface area contributed by atoms with Gasteiger partial charge >= 0.3 is 0 Å². The Bertz CT molecular complexity index is 306. The van der Waals surface area contributed by atoms with Gasteiger partial charge in [0, 0.05) is 19.7 Å². The molecular formula is C15H31NO7. The Balaban J connectivity index is 4.02. The van der Waals surface area contributed by atoms with Crippen LogP contribution in [0, 0.1) is 0 Å². The third-order valence-electron chi connectivity index (χ3n) is 3.35. The van der Waals surface area contributed by atoms with E-state index >= 15 is 0 Å². The van der Waals surface area contributed by atoms with Crippen molar-refractivity contribution >= 4 is 0 Å². The van der Waals surface area contributed by atoms with Crippen LogP contribution in [0.15, 0.2) is 12.7 Å². The van der Waals surface area contributed by atoms with Crippen molar-refractivity contribution in [3.8, 4) is 0 Å². The monoisotopic (exact) mass is 337 g/mol. The first-order chi connectivity index (χ1) is 10.8. The molecule has 0 aliphatic heterocycles. The Hall–Kier alpha value is -0.580. The van der Waals surface area contributed by atoms with Crippen LogP contribution < -0.4 is 0 Å². The number of ether oxygens (including phenoxy) is 1. The molecule has 138 valence electrons. The highest BCUT2D eigenvalue weighted by atomic mass is 16.5. The summed E-state index contributed by atoms with van der Waals surface area (Å²) in [4.78, 5) is 1.57. The minimum absolute atomic E-state index is 0.0239. The molecule has 0 spiro atoms. The number of hydrogen-bond acceptors (Lipinski definition) is 8. The summed E-state index contributed by atoms with van der Waals surface area (Å²) in [6.45, 7) is 3.75. The third-order valence-corrected chi connectivity index (χ3v) is 3.35. The summed E-state index contributed by atoms with van der Waals surface area (Å²) in [5.74, 6) is 0. The minimum Gasteiger partial charge on any atom is -0.394 e. The quantitative estimate of drug-likeness (QED) is 0.154. The second kappa shape index (κ2) is 12.8. The Morgan fingerprint density at radius 1 is 1.04 bits per heavy atom. The number of likely N-dealkylation sites (N-methyl/N-ethyl adjacent to an activating group) is 1. The van der Waals surface area contributed by atoms with E-state index in [2.05, 4.69) is 6.58 Å². The lowest BCUT2D eigenvalue weighted by Gasteiger charge is -2.29. The van der Waals surface area contributed by atoms with E-state index in [1.807, 2.05) is 0 Å². The summed E-state index contributed by atoms with van der Waals surface area (Å²) in [5, 5.41) is 56.8. The van der Waals surface area contributed by atoms with Gasteiger partial charge in [0.05, 0.1) is 25.4 Å². The van der Waals surface area contributed by atoms with E-state index in [0.717, 1.165) is 12.8 Å². The van der Waals surface area contributed by atoms with E-state index in [1.54, 1.807) is 18.0 Å². The number of nitrogens with zero attached hydrogens (tertiary/aromatic N) is 1. The first-order valence-corrected chi connectivity index (χ1v) is 7.71. The smallest absolute Gasteiger partial charge is 0.111 e. The van der Waals surface area contributed by atoms with E-state index in [9.17, 15) is 25.5 Å². The third kappa shape index (κ3) is 10.0. The topological polar surface area (TPSA) is 134 Å². The number of allylic oxidation sites excluding steroid dienone is 1. The van der Waals surface area contributed by atoms with E-state index < -0.39 is 37.1 Å². The highest BCUT2D eigenvalue weighted by Crippen LogP contribution is 2.06. The standard InChI is InChI=1S/C15H31NO7/c1-3-4-5-6-23-10-11(18)7-16(2)8-12(19)14(21)15(22)13(20)9-17/h3,11-15,17-22H,1,4-10H2,2H3. The van der Waals surface area contributed by atoms with Crippen LogP contribution in [0.1, 0.15) is 12.8 Å². The molecule has 0 fully saturated rings. The molecule has 8 nitrogen and oxygen atoms in total. The minimum atomic E-state index is -1.65. The molecule has 0 amide bonds. The largest absolute Gasteiger partial charge is 0.394 e. The summed E-state index contributed by atoms with van der Waals surface area (Å²) in [6.07, 6.45) is -3.39. The molecule has 0 radical (unpaired) electrons. The lowest BCUT2D eigenvalue weighted by Crippen LogP contribution is -2.50. The number of rotatable bonds is 14. The van der Waals surface area contributed by atoms with Crippen LogP contribution in [0.25, 0.3) is 0 Å². The van der Waals surface area contributed by atoms with Gasteiger partial charge in [-0.2, -0.15) is 0 Å². The molecule has 0 aliphatic rings. The Labute approximate surface area is 137 Å². The molecule has 6 N–H and O–H groups in total. The van der Waals surface area contributed by atoms with Gasteiger partial charge < -0.3 is 40.3 Å². The average molecular weight is 337 g/mol. The molecule has 0 saturated heterocycles. The Kier molecular flexibility index (Phi) is 12.5. The SMILES string of the molecule is C=CCCCOCC(O)CN(C)CC(O)C(O)C(O)C(O)CO. The molecule has 23 heavy (non-hydrogen) atoms. The van der Waals surface area contributed by atoms with Crippen LogP contribution in [0.4, 0.5) is 0 Å². The molecule has 0 aromatic heterocycles. The van der Waals surface area contributed by atoms with Crippen molar-refractivity contribution in [2.75, 3.05) is 40.0 Å². The van der Waals surface area contributed by atoms with Gasteiger partial charge in [0.2, 0.25) is 0 Å². The van der Waals surface area contributed by atoms with Crippen molar-refractivity contribution in [2.24, 2.45) is 0 Å². The summed E-state index contributed by atoms with van der Waals surface area (Å²) in [6, 6.07) is 0. The van der Waals surface area contributed by atoms with Crippen molar-refractivity contribution in [3.05, 3.63) is 12.7 Å². The molecule has 0 bridgehead atoms. The van der Waals surface area contributed by atoms with Crippen LogP contribution in [-0.4, -0.2) is 106 Å². The van der Waals surface area contributed by atoms with Crippen LogP contribution in [-0.2, 0) is 4.74 Å². The van der Waals surface area contributed by atoms with E-state index in [1.165, 1.54) is 0 Å². The summed E-state index contributed by atoms with van der Waals surface area (Å²) < 4.78 is 5.30. The first kappa shape index (κ1) is 22.4. The lowest BCUT2D eigenvalue weighted by molar-refractivity contribution is -0.119. The molecule has 0 heterocycles. The molecule has 0 aromatic carbocycles. The maximum Gasteiger partial charge on any atom is 0.111 e. The van der Waals surface area contributed by atoms with Gasteiger partial charge in [0.25, 0.3) is 0 Å². The van der Waals surface area contributed by atoms with Gasteiger partial charge in [-0.1, -0.05) is 6.08 Å². The van der Waals surface area contributed by atoms with Crippen LogP contribution in [0.2, 0.25) is 0 Å². The second-order valence-electron chi connectivity index (χ2n) is 5.68. The highest BCUT2D eigenvalue weighted by Gasteiger charge is 2.30. The zero-order valence-corrected chi connectivity index (χ0v) is 13.7. The first-order valence-electron chi connectivity index (χ1n) is 7.71. The zero-order valence-electron chi connectivity index (χ0n) is 13.7. The summed E-state index contributed by atoms with van der Waals surface area (Å²) in [7, 11) is 1.63. The number of unbranched alkanes of at least 4 members (excludes halogenated alkanes) is 1. The maximum atomic E-state index is 9.82. The predicted molar refractivity (Wildman–Crippen MR) is 84.9 cm³/mol. The maximum absolute atomic E-state index is 9.82. The fourth-order valence-corrected chi connectivity index (χ4v) is 2.03. The van der Waals surface area contributed by atoms with Crippen LogP contribution >= 0.6 is 0 Å². The predicted octanol–water partition coefficient (Wildman–Crippen LogP) is -2.30. The van der Waals surface area contributed by atoms with E-state index in [-0.39, 0.29) is 19.7 Å². The van der Waals surface area contributed by atoms with Crippen molar-refractivity contribution in [2.45, 2.75) is 43.4 Å². The molecule has 0 aliphatic carbocycles. The summed E-state index contributed by atoms with van der Waals surface area (Å²) in [5.41, 5.74) is 0. The summed E-state index contributed by atoms with van der Waals surface area (Å²) >= 11 is 0. The number of hydrogen-bond donors (Lipinski definition) is 6. The molecule has 0 aromatic rings. The molecular weight excluding hydrogens is 306 g/mol. The Morgan fingerprint density at radius 3 is 2.22 bits per heavy atom. The van der Waals surface area contributed by atoms with Gasteiger partial charge in [-0.05, 0) is 19.9 Å². The van der Waals surface area contributed by atoms with Gasteiger partial charge in [-0.15, -0.1) is 6.58 Å². The number of aliphatic hydroxyl groups is 6. The highest BCUT2D eigenvalue weighted by molar-refractivity contribution is 4.82.